The van der Waals surface area contributed by atoms with Crippen LogP contribution in [0.25, 0.3) is 17.3 Å². The van der Waals surface area contributed by atoms with Gasteiger partial charge in [-0.25, -0.2) is 9.37 Å². The van der Waals surface area contributed by atoms with E-state index in [1.54, 1.807) is 25.3 Å². The molecule has 0 aliphatic rings. The lowest BCUT2D eigenvalue weighted by atomic mass is 10.2. The van der Waals surface area contributed by atoms with Crippen molar-refractivity contribution in [2.75, 3.05) is 19.0 Å². The second-order valence-electron chi connectivity index (χ2n) is 7.19. The molecule has 1 N–H and O–H groups in total. The number of nitrogens with zero attached hydrogens (tertiary/aromatic N) is 1. The van der Waals surface area contributed by atoms with Crippen LogP contribution in [0.15, 0.2) is 53.9 Å². The fourth-order valence-electron chi connectivity index (χ4n) is 3.02. The Morgan fingerprint density at radius 1 is 1.12 bits per heavy atom. The number of ether oxygens (including phenoxy) is 2. The monoisotopic (exact) mass is 454 g/mol. The molecule has 0 bridgehead atoms. The number of aromatic nitrogens is 1. The van der Waals surface area contributed by atoms with Gasteiger partial charge >= 0.3 is 0 Å². The molecule has 0 fully saturated rings. The third kappa shape index (κ3) is 6.92. The van der Waals surface area contributed by atoms with Gasteiger partial charge in [0.15, 0.2) is 16.6 Å². The third-order valence-electron chi connectivity index (χ3n) is 4.74. The van der Waals surface area contributed by atoms with Gasteiger partial charge in [0.25, 0.3) is 0 Å². The molecule has 1 heterocycles. The summed E-state index contributed by atoms with van der Waals surface area (Å²) in [6.07, 6.45) is 7.71. The van der Waals surface area contributed by atoms with Crippen molar-refractivity contribution >= 4 is 28.5 Å². The largest absolute Gasteiger partial charge is 0.493 e. The molecule has 32 heavy (non-hydrogen) atoms. The van der Waals surface area contributed by atoms with Crippen LogP contribution in [-0.2, 0) is 4.79 Å². The van der Waals surface area contributed by atoms with Crippen molar-refractivity contribution < 1.29 is 18.7 Å². The number of thiazole rings is 1. The average molecular weight is 455 g/mol. The third-order valence-corrected chi connectivity index (χ3v) is 5.50. The van der Waals surface area contributed by atoms with Crippen molar-refractivity contribution in [1.82, 2.24) is 4.98 Å². The minimum absolute atomic E-state index is 0.291. The molecule has 2 aromatic carbocycles. The van der Waals surface area contributed by atoms with Crippen molar-refractivity contribution in [1.29, 1.82) is 0 Å². The first-order valence-corrected chi connectivity index (χ1v) is 11.5. The van der Waals surface area contributed by atoms with Crippen LogP contribution in [0.2, 0.25) is 0 Å². The Kier molecular flexibility index (Phi) is 8.80. The number of carbonyl (C=O) groups excluding carboxylic acids is 1. The number of hydrogen-bond donors (Lipinski definition) is 1. The van der Waals surface area contributed by atoms with Gasteiger partial charge in [0.05, 0.1) is 19.4 Å². The fraction of sp³-hybridized carbons (Fsp3) is 0.280. The lowest BCUT2D eigenvalue weighted by molar-refractivity contribution is -0.111. The van der Waals surface area contributed by atoms with Crippen LogP contribution in [0.1, 0.15) is 38.2 Å². The average Bonchev–Trinajstić information content (AvgIpc) is 3.26. The van der Waals surface area contributed by atoms with Crippen LogP contribution < -0.4 is 14.8 Å². The Bertz CT molecular complexity index is 1050. The Balaban J connectivity index is 1.56. The second-order valence-corrected chi connectivity index (χ2v) is 8.04. The molecule has 3 rings (SSSR count). The molecule has 0 spiro atoms. The zero-order valence-electron chi connectivity index (χ0n) is 18.3. The van der Waals surface area contributed by atoms with E-state index in [9.17, 15) is 9.18 Å². The number of hydrogen-bond acceptors (Lipinski definition) is 5. The molecule has 3 aromatic rings. The van der Waals surface area contributed by atoms with Gasteiger partial charge in [-0.05, 0) is 54.5 Å². The number of carbonyl (C=O) groups is 1. The van der Waals surface area contributed by atoms with E-state index in [2.05, 4.69) is 17.2 Å². The van der Waals surface area contributed by atoms with Gasteiger partial charge < -0.3 is 9.47 Å². The number of benzene rings is 2. The van der Waals surface area contributed by atoms with E-state index in [0.717, 1.165) is 24.0 Å². The Morgan fingerprint density at radius 3 is 2.69 bits per heavy atom. The SMILES string of the molecule is CCCCCCOc1ccc(/C=C/C(=O)Nc2nc(-c3ccc(F)cc3)cs2)cc1OC. The van der Waals surface area contributed by atoms with Crippen LogP contribution >= 0.6 is 11.3 Å². The van der Waals surface area contributed by atoms with Crippen molar-refractivity contribution in [2.45, 2.75) is 32.6 Å². The summed E-state index contributed by atoms with van der Waals surface area (Å²) in [5.74, 6) is 0.736. The Hall–Kier alpha value is -3.19. The standard InChI is InChI=1S/C25H27FN2O3S/c1-3-4-5-6-15-31-22-13-7-18(16-23(22)30-2)8-14-24(29)28-25-27-21(17-32-25)19-9-11-20(26)12-10-19/h7-14,16-17H,3-6,15H2,1-2H3,(H,27,28,29)/b14-8+. The molecular formula is C25H27FN2O3S. The first-order chi connectivity index (χ1) is 15.6. The number of methoxy groups -OCH3 is 1. The molecule has 0 aliphatic heterocycles. The van der Waals surface area contributed by atoms with E-state index >= 15 is 0 Å². The summed E-state index contributed by atoms with van der Waals surface area (Å²) in [6.45, 7) is 2.83. The van der Waals surface area contributed by atoms with Crippen LogP contribution in [0.3, 0.4) is 0 Å². The molecule has 1 amide bonds. The fourth-order valence-corrected chi connectivity index (χ4v) is 3.74. The lowest BCUT2D eigenvalue weighted by Crippen LogP contribution is -2.07. The number of anilines is 1. The molecule has 168 valence electrons. The Labute approximate surface area is 191 Å². The number of rotatable bonds is 11. The van der Waals surface area contributed by atoms with E-state index in [4.69, 9.17) is 9.47 Å². The molecule has 0 atom stereocenters. The highest BCUT2D eigenvalue weighted by Gasteiger charge is 2.08. The highest BCUT2D eigenvalue weighted by molar-refractivity contribution is 7.14. The first kappa shape index (κ1) is 23.5. The van der Waals surface area contributed by atoms with Crippen LogP contribution in [0.4, 0.5) is 9.52 Å². The lowest BCUT2D eigenvalue weighted by Gasteiger charge is -2.11. The predicted molar refractivity (Wildman–Crippen MR) is 128 cm³/mol. The van der Waals surface area contributed by atoms with Crippen molar-refractivity contribution in [3.63, 3.8) is 0 Å². The summed E-state index contributed by atoms with van der Waals surface area (Å²) in [5, 5.41) is 5.04. The molecule has 7 heteroatoms. The molecule has 1 aromatic heterocycles. The summed E-state index contributed by atoms with van der Waals surface area (Å²) >= 11 is 1.31. The maximum absolute atomic E-state index is 13.1. The smallest absolute Gasteiger partial charge is 0.250 e. The maximum Gasteiger partial charge on any atom is 0.250 e. The van der Waals surface area contributed by atoms with E-state index < -0.39 is 0 Å². The number of halogens is 1. The van der Waals surface area contributed by atoms with Gasteiger partial charge in [0, 0.05) is 17.0 Å². The van der Waals surface area contributed by atoms with E-state index in [1.165, 1.54) is 42.4 Å². The normalized spacial score (nSPS) is 11.0. The first-order valence-electron chi connectivity index (χ1n) is 10.6. The maximum atomic E-state index is 13.1. The van der Waals surface area contributed by atoms with Gasteiger partial charge in [0.2, 0.25) is 5.91 Å². The molecule has 0 saturated heterocycles. The summed E-state index contributed by atoms with van der Waals surface area (Å²) in [7, 11) is 1.60. The van der Waals surface area contributed by atoms with Crippen molar-refractivity contribution in [3.05, 3.63) is 65.3 Å². The van der Waals surface area contributed by atoms with Crippen molar-refractivity contribution in [2.24, 2.45) is 0 Å². The van der Waals surface area contributed by atoms with Crippen LogP contribution in [-0.4, -0.2) is 24.6 Å². The van der Waals surface area contributed by atoms with Crippen molar-refractivity contribution in [3.8, 4) is 22.8 Å². The topological polar surface area (TPSA) is 60.5 Å². The highest BCUT2D eigenvalue weighted by atomic mass is 32.1. The highest BCUT2D eigenvalue weighted by Crippen LogP contribution is 2.29. The molecule has 0 aliphatic carbocycles. The molecule has 5 nitrogen and oxygen atoms in total. The quantitative estimate of drug-likeness (QED) is 0.263. The Morgan fingerprint density at radius 2 is 1.94 bits per heavy atom. The minimum atomic E-state index is -0.300. The van der Waals surface area contributed by atoms with Crippen LogP contribution in [0, 0.1) is 5.82 Å². The van der Waals surface area contributed by atoms with Gasteiger partial charge in [-0.1, -0.05) is 32.3 Å². The summed E-state index contributed by atoms with van der Waals surface area (Å²) in [6, 6.07) is 11.6. The van der Waals surface area contributed by atoms with E-state index in [1.807, 2.05) is 23.6 Å². The second kappa shape index (κ2) is 12.0. The minimum Gasteiger partial charge on any atom is -0.493 e. The molecular weight excluding hydrogens is 427 g/mol. The summed E-state index contributed by atoms with van der Waals surface area (Å²) in [4.78, 5) is 16.7. The zero-order chi connectivity index (χ0) is 22.8. The summed E-state index contributed by atoms with van der Waals surface area (Å²) in [5.41, 5.74) is 2.30. The predicted octanol–water partition coefficient (Wildman–Crippen LogP) is 6.57. The van der Waals surface area contributed by atoms with Gasteiger partial charge in [-0.2, -0.15) is 0 Å². The molecule has 0 saturated carbocycles. The zero-order valence-corrected chi connectivity index (χ0v) is 19.1. The molecule has 0 radical (unpaired) electrons. The van der Waals surface area contributed by atoms with E-state index in [-0.39, 0.29) is 11.7 Å². The number of amides is 1. The van der Waals surface area contributed by atoms with Gasteiger partial charge in [0.1, 0.15) is 5.82 Å². The van der Waals surface area contributed by atoms with Gasteiger partial charge in [-0.3, -0.25) is 10.1 Å². The summed E-state index contributed by atoms with van der Waals surface area (Å²) < 4.78 is 24.3. The van der Waals surface area contributed by atoms with Crippen LogP contribution in [0.5, 0.6) is 11.5 Å². The number of nitrogens with one attached hydrogen (secondary N) is 1. The number of unbranched alkanes of at least 4 members (excludes halogenated alkanes) is 3. The van der Waals surface area contributed by atoms with E-state index in [0.29, 0.717) is 28.9 Å². The molecule has 0 unspecified atom stereocenters. The van der Waals surface area contributed by atoms with Gasteiger partial charge in [-0.15, -0.1) is 11.3 Å².